The fraction of sp³-hybridized carbons (Fsp3) is 0.419. The monoisotopic (exact) mass is 512 g/mol. The summed E-state index contributed by atoms with van der Waals surface area (Å²) >= 11 is 0. The van der Waals surface area contributed by atoms with Gasteiger partial charge in [-0.15, -0.1) is 0 Å². The van der Waals surface area contributed by atoms with Gasteiger partial charge in [-0.2, -0.15) is 0 Å². The fourth-order valence-corrected chi connectivity index (χ4v) is 3.96. The Morgan fingerprint density at radius 1 is 1.22 bits per heavy atom. The smallest absolute Gasteiger partial charge is 0.229 e. The van der Waals surface area contributed by atoms with Gasteiger partial charge in [0.25, 0.3) is 0 Å². The van der Waals surface area contributed by atoms with Crippen LogP contribution in [0.25, 0.3) is 28.0 Å². The molecule has 0 atom stereocenters. The number of carbonyl (C=O) groups is 1. The SMILES string of the molecule is C=CC(=O)c1cn2c(c(F)c1=O)-c1oc3c(/C(=C/C)CNC)cccc3c1CC2.CC.CC.CC(C)C.[HH]. The number of aromatic nitrogens is 1. The molecule has 2 aromatic heterocycles. The number of likely N-dealkylation sites (N-methyl/N-ethyl adjacent to an activating group) is 1. The second kappa shape index (κ2) is 15.1. The van der Waals surface area contributed by atoms with Gasteiger partial charge in [0.2, 0.25) is 5.43 Å². The van der Waals surface area contributed by atoms with E-state index in [1.54, 1.807) is 4.57 Å². The van der Waals surface area contributed by atoms with E-state index in [1.165, 1.54) is 6.20 Å². The van der Waals surface area contributed by atoms with Crippen molar-refractivity contribution in [3.05, 3.63) is 75.9 Å². The molecule has 0 saturated heterocycles. The van der Waals surface area contributed by atoms with Crippen molar-refractivity contribution in [2.45, 2.75) is 68.4 Å². The Kier molecular flexibility index (Phi) is 13.0. The first-order chi connectivity index (χ1) is 17.7. The van der Waals surface area contributed by atoms with E-state index in [9.17, 15) is 9.59 Å². The average Bonchev–Trinajstić information content (AvgIpc) is 3.29. The van der Waals surface area contributed by atoms with Crippen molar-refractivity contribution < 1.29 is 15.0 Å². The first-order valence-electron chi connectivity index (χ1n) is 13.2. The Hall–Kier alpha value is -3.25. The van der Waals surface area contributed by atoms with Crippen molar-refractivity contribution in [2.75, 3.05) is 13.6 Å². The number of halogens is 1. The minimum Gasteiger partial charge on any atom is -0.453 e. The van der Waals surface area contributed by atoms with Crippen LogP contribution in [0.3, 0.4) is 0 Å². The molecule has 1 N–H and O–H groups in total. The maximum atomic E-state index is 15.1. The summed E-state index contributed by atoms with van der Waals surface area (Å²) in [4.78, 5) is 24.4. The number of furan rings is 1. The van der Waals surface area contributed by atoms with Crippen LogP contribution in [0.4, 0.5) is 4.39 Å². The average molecular weight is 513 g/mol. The van der Waals surface area contributed by atoms with Crippen molar-refractivity contribution >= 4 is 22.3 Å². The lowest BCUT2D eigenvalue weighted by Crippen LogP contribution is -2.25. The molecule has 6 heteroatoms. The fourth-order valence-electron chi connectivity index (χ4n) is 3.96. The summed E-state index contributed by atoms with van der Waals surface area (Å²) in [6.07, 6.45) is 5.05. The first-order valence-corrected chi connectivity index (χ1v) is 13.2. The van der Waals surface area contributed by atoms with Crippen molar-refractivity contribution in [1.82, 2.24) is 9.88 Å². The number of nitrogens with one attached hydrogen (secondary N) is 1. The highest BCUT2D eigenvalue weighted by Crippen LogP contribution is 2.40. The Bertz CT molecular complexity index is 1300. The van der Waals surface area contributed by atoms with E-state index in [4.69, 9.17) is 4.42 Å². The van der Waals surface area contributed by atoms with E-state index >= 15 is 4.39 Å². The standard InChI is InChI=1S/C23H21FN2O3.C4H10.2C2H6.H2/c1-4-13(11-25-3)14-7-6-8-15-16-9-10-26-12-17(18(27)5-2)21(28)19(24)20(26)23(16)29-22(14)15;1-4(2)3;2*1-2;/h4-8,12,25H,2,9-11H2,1,3H3;4H,1-3H3;2*1-2H3;1H/b13-4+;;;;. The summed E-state index contributed by atoms with van der Waals surface area (Å²) in [6, 6.07) is 5.88. The molecule has 0 aliphatic carbocycles. The Balaban J connectivity index is 0.00000137. The van der Waals surface area contributed by atoms with E-state index in [0.717, 1.165) is 34.1 Å². The van der Waals surface area contributed by atoms with Crippen LogP contribution >= 0.6 is 0 Å². The van der Waals surface area contributed by atoms with Gasteiger partial charge in [-0.1, -0.05) is 79.3 Å². The van der Waals surface area contributed by atoms with Crippen LogP contribution in [0, 0.1) is 11.7 Å². The molecule has 5 nitrogen and oxygen atoms in total. The van der Waals surface area contributed by atoms with E-state index in [1.807, 2.05) is 65.9 Å². The van der Waals surface area contributed by atoms with Gasteiger partial charge in [-0.05, 0) is 38.0 Å². The van der Waals surface area contributed by atoms with Crippen molar-refractivity contribution in [3.63, 3.8) is 0 Å². The van der Waals surface area contributed by atoms with Gasteiger partial charge in [0, 0.05) is 37.2 Å². The van der Waals surface area contributed by atoms with Crippen LogP contribution in [0.15, 0.2) is 52.3 Å². The van der Waals surface area contributed by atoms with Crippen molar-refractivity contribution in [3.8, 4) is 11.5 Å². The highest BCUT2D eigenvalue weighted by molar-refractivity contribution is 6.04. The Morgan fingerprint density at radius 3 is 2.38 bits per heavy atom. The molecule has 3 aromatic rings. The van der Waals surface area contributed by atoms with Gasteiger partial charge in [-0.3, -0.25) is 9.59 Å². The third-order valence-electron chi connectivity index (χ3n) is 5.37. The minimum absolute atomic E-state index is 0. The number of allylic oxidation sites excluding steroid dienone is 2. The van der Waals surface area contributed by atoms with Crippen LogP contribution in [0.5, 0.6) is 0 Å². The number of benzene rings is 1. The molecule has 0 bridgehead atoms. The van der Waals surface area contributed by atoms with Crippen LogP contribution in [0.2, 0.25) is 0 Å². The lowest BCUT2D eigenvalue weighted by atomic mass is 9.97. The second-order valence-electron chi connectivity index (χ2n) is 8.71. The summed E-state index contributed by atoms with van der Waals surface area (Å²) in [6.45, 7) is 21.0. The molecular formula is C31H45FN2O3. The summed E-state index contributed by atoms with van der Waals surface area (Å²) in [5, 5.41) is 4.06. The van der Waals surface area contributed by atoms with Gasteiger partial charge in [0.1, 0.15) is 11.3 Å². The zero-order valence-electron chi connectivity index (χ0n) is 23.9. The number of ketones is 1. The molecule has 0 saturated carbocycles. The number of aryl methyl sites for hydroxylation is 2. The number of hydrogen-bond donors (Lipinski definition) is 1. The lowest BCUT2D eigenvalue weighted by Gasteiger charge is -2.19. The molecule has 1 aliphatic rings. The number of carbonyl (C=O) groups excluding carboxylic acids is 1. The van der Waals surface area contributed by atoms with E-state index < -0.39 is 17.0 Å². The van der Waals surface area contributed by atoms with E-state index in [-0.39, 0.29) is 12.7 Å². The number of fused-ring (bicyclic) bond motifs is 5. The van der Waals surface area contributed by atoms with Gasteiger partial charge < -0.3 is 14.3 Å². The van der Waals surface area contributed by atoms with Gasteiger partial charge in [0.15, 0.2) is 17.4 Å². The minimum atomic E-state index is -0.972. The molecule has 1 aromatic carbocycles. The normalized spacial score (nSPS) is 11.7. The summed E-state index contributed by atoms with van der Waals surface area (Å²) < 4.78 is 22.8. The first kappa shape index (κ1) is 31.8. The Morgan fingerprint density at radius 2 is 1.84 bits per heavy atom. The largest absolute Gasteiger partial charge is 0.453 e. The maximum absolute atomic E-state index is 15.1. The van der Waals surface area contributed by atoms with Crippen LogP contribution < -0.4 is 10.7 Å². The number of rotatable bonds is 5. The molecule has 1 aliphatic heterocycles. The van der Waals surface area contributed by atoms with Gasteiger partial charge in [-0.25, -0.2) is 4.39 Å². The zero-order valence-corrected chi connectivity index (χ0v) is 23.9. The van der Waals surface area contributed by atoms with E-state index in [2.05, 4.69) is 32.7 Å². The molecule has 0 spiro atoms. The highest BCUT2D eigenvalue weighted by Gasteiger charge is 2.29. The maximum Gasteiger partial charge on any atom is 0.229 e. The molecule has 0 fully saturated rings. The molecule has 0 radical (unpaired) electrons. The Labute approximate surface area is 222 Å². The van der Waals surface area contributed by atoms with E-state index in [0.29, 0.717) is 30.9 Å². The summed E-state index contributed by atoms with van der Waals surface area (Å²) in [7, 11) is 1.87. The van der Waals surface area contributed by atoms with Crippen molar-refractivity contribution in [2.24, 2.45) is 5.92 Å². The molecule has 0 unspecified atom stereocenters. The number of nitrogens with zero attached hydrogens (tertiary/aromatic N) is 1. The van der Waals surface area contributed by atoms with Gasteiger partial charge in [0.05, 0.1) is 5.56 Å². The molecule has 204 valence electrons. The molecule has 4 rings (SSSR count). The predicted molar refractivity (Wildman–Crippen MR) is 157 cm³/mol. The molecule has 3 heterocycles. The lowest BCUT2D eigenvalue weighted by molar-refractivity contribution is 0.104. The zero-order chi connectivity index (χ0) is 28.3. The number of para-hydroxylation sites is 1. The summed E-state index contributed by atoms with van der Waals surface area (Å²) in [5.41, 5.74) is 2.49. The van der Waals surface area contributed by atoms with Gasteiger partial charge >= 0.3 is 0 Å². The topological polar surface area (TPSA) is 64.2 Å². The molecule has 0 amide bonds. The predicted octanol–water partition coefficient (Wildman–Crippen LogP) is 7.91. The number of pyridine rings is 1. The number of hydrogen-bond acceptors (Lipinski definition) is 4. The van der Waals surface area contributed by atoms with Crippen LogP contribution in [0.1, 0.15) is 78.3 Å². The van der Waals surface area contributed by atoms with Crippen molar-refractivity contribution in [1.29, 1.82) is 0 Å². The second-order valence-corrected chi connectivity index (χ2v) is 8.71. The molecular weight excluding hydrogens is 467 g/mol. The van der Waals surface area contributed by atoms with Crippen LogP contribution in [-0.2, 0) is 13.0 Å². The highest BCUT2D eigenvalue weighted by atomic mass is 19.1. The third kappa shape index (κ3) is 6.95. The third-order valence-corrected chi connectivity index (χ3v) is 5.37. The van der Waals surface area contributed by atoms with Crippen LogP contribution in [-0.4, -0.2) is 23.9 Å². The molecule has 37 heavy (non-hydrogen) atoms. The summed E-state index contributed by atoms with van der Waals surface area (Å²) in [5.74, 6) is -0.377. The quantitative estimate of drug-likeness (QED) is 0.279.